The molecule has 1 rings (SSSR count). The average molecular weight is 197 g/mol. The predicted molar refractivity (Wildman–Crippen MR) is 53.6 cm³/mol. The van der Waals surface area contributed by atoms with Crippen LogP contribution in [0.2, 0.25) is 0 Å². The van der Waals surface area contributed by atoms with E-state index in [-0.39, 0.29) is 5.91 Å². The van der Waals surface area contributed by atoms with Gasteiger partial charge in [-0.1, -0.05) is 0 Å². The van der Waals surface area contributed by atoms with Crippen LogP contribution in [0.15, 0.2) is 16.6 Å². The summed E-state index contributed by atoms with van der Waals surface area (Å²) >= 11 is 0. The van der Waals surface area contributed by atoms with Crippen molar-refractivity contribution in [3.05, 3.63) is 11.6 Å². The van der Waals surface area contributed by atoms with Gasteiger partial charge in [-0.3, -0.25) is 14.6 Å². The van der Waals surface area contributed by atoms with Gasteiger partial charge in [0.25, 0.3) is 5.91 Å². The summed E-state index contributed by atoms with van der Waals surface area (Å²) in [5, 5.41) is 1.12. The Morgan fingerprint density at radius 3 is 2.64 bits per heavy atom. The maximum absolute atomic E-state index is 11.6. The summed E-state index contributed by atoms with van der Waals surface area (Å²) in [5.41, 5.74) is 6.26. The topological polar surface area (TPSA) is 67.9 Å². The predicted octanol–water partition coefficient (Wildman–Crippen LogP) is 0.0820. The zero-order valence-electron chi connectivity index (χ0n) is 8.87. The van der Waals surface area contributed by atoms with Crippen molar-refractivity contribution in [2.45, 2.75) is 19.5 Å². The monoisotopic (exact) mass is 197 g/mol. The Labute approximate surface area is 83.2 Å². The molecule has 1 atom stereocenters. The third-order valence-corrected chi connectivity index (χ3v) is 2.28. The summed E-state index contributed by atoms with van der Waals surface area (Å²) < 4.78 is 0. The Balaban J connectivity index is 2.89. The van der Waals surface area contributed by atoms with Crippen molar-refractivity contribution in [3.8, 4) is 0 Å². The molecule has 1 heterocycles. The van der Waals surface area contributed by atoms with Gasteiger partial charge in [0.05, 0.1) is 7.11 Å². The molecule has 0 saturated heterocycles. The van der Waals surface area contributed by atoms with Gasteiger partial charge in [-0.2, -0.15) is 0 Å². The van der Waals surface area contributed by atoms with E-state index in [0.29, 0.717) is 5.71 Å². The molecule has 0 aromatic rings. The maximum atomic E-state index is 11.6. The van der Waals surface area contributed by atoms with Gasteiger partial charge in [0, 0.05) is 7.05 Å². The van der Waals surface area contributed by atoms with E-state index in [1.807, 2.05) is 6.92 Å². The molecule has 14 heavy (non-hydrogen) atoms. The third-order valence-electron chi connectivity index (χ3n) is 2.28. The standard InChI is InChI=1S/C9H15N3O2/c1-6-5-7(11-9(6,2)10)8(13)12(3)14-4/h5H,10H2,1-4H3. The highest BCUT2D eigenvalue weighted by Crippen LogP contribution is 2.21. The van der Waals surface area contributed by atoms with Crippen LogP contribution < -0.4 is 5.73 Å². The zero-order chi connectivity index (χ0) is 10.9. The number of hydrogen-bond acceptors (Lipinski definition) is 4. The van der Waals surface area contributed by atoms with Crippen molar-refractivity contribution in [3.63, 3.8) is 0 Å². The lowest BCUT2D eigenvalue weighted by Crippen LogP contribution is -2.35. The van der Waals surface area contributed by atoms with Crippen molar-refractivity contribution in [2.24, 2.45) is 10.7 Å². The lowest BCUT2D eigenvalue weighted by molar-refractivity contribution is -0.160. The Kier molecular flexibility index (Phi) is 2.73. The summed E-state index contributed by atoms with van der Waals surface area (Å²) in [5.74, 6) is -0.291. The summed E-state index contributed by atoms with van der Waals surface area (Å²) in [6, 6.07) is 0. The van der Waals surface area contributed by atoms with Crippen LogP contribution >= 0.6 is 0 Å². The van der Waals surface area contributed by atoms with Crippen LogP contribution in [0.25, 0.3) is 0 Å². The van der Waals surface area contributed by atoms with Gasteiger partial charge in [-0.25, -0.2) is 5.06 Å². The molecule has 0 bridgehead atoms. The number of aliphatic imine (C=N–C) groups is 1. The molecule has 0 saturated carbocycles. The summed E-state index contributed by atoms with van der Waals surface area (Å²) in [4.78, 5) is 20.4. The summed E-state index contributed by atoms with van der Waals surface area (Å²) in [6.45, 7) is 3.60. The van der Waals surface area contributed by atoms with Gasteiger partial charge in [0.1, 0.15) is 11.4 Å². The van der Waals surface area contributed by atoms with E-state index in [9.17, 15) is 4.79 Å². The molecular formula is C9H15N3O2. The van der Waals surface area contributed by atoms with Gasteiger partial charge >= 0.3 is 0 Å². The maximum Gasteiger partial charge on any atom is 0.295 e. The summed E-state index contributed by atoms with van der Waals surface area (Å²) in [7, 11) is 2.95. The van der Waals surface area contributed by atoms with Crippen molar-refractivity contribution in [1.29, 1.82) is 0 Å². The first-order valence-corrected chi connectivity index (χ1v) is 4.28. The highest BCUT2D eigenvalue weighted by atomic mass is 16.7. The Hall–Kier alpha value is -1.20. The molecule has 5 heteroatoms. The van der Waals surface area contributed by atoms with E-state index in [0.717, 1.165) is 10.6 Å². The highest BCUT2D eigenvalue weighted by molar-refractivity contribution is 6.43. The number of nitrogens with zero attached hydrogens (tertiary/aromatic N) is 2. The van der Waals surface area contributed by atoms with Crippen molar-refractivity contribution < 1.29 is 9.63 Å². The fraction of sp³-hybridized carbons (Fsp3) is 0.556. The normalized spacial score (nSPS) is 25.8. The molecule has 0 fully saturated rings. The van der Waals surface area contributed by atoms with Gasteiger partial charge in [-0.15, -0.1) is 0 Å². The smallest absolute Gasteiger partial charge is 0.295 e. The molecule has 1 aliphatic heterocycles. The van der Waals surface area contributed by atoms with Gasteiger partial charge in [0.2, 0.25) is 0 Å². The van der Waals surface area contributed by atoms with Crippen LogP contribution in [0.3, 0.4) is 0 Å². The van der Waals surface area contributed by atoms with E-state index in [2.05, 4.69) is 4.99 Å². The van der Waals surface area contributed by atoms with Crippen LogP contribution in [-0.2, 0) is 9.63 Å². The molecule has 1 amide bonds. The largest absolute Gasteiger partial charge is 0.304 e. The minimum absolute atomic E-state index is 0.291. The number of amides is 1. The second-order valence-corrected chi connectivity index (χ2v) is 3.46. The van der Waals surface area contributed by atoms with Gasteiger partial charge < -0.3 is 5.73 Å². The first kappa shape index (κ1) is 10.9. The molecular weight excluding hydrogens is 182 g/mol. The van der Waals surface area contributed by atoms with Crippen LogP contribution in [0.1, 0.15) is 13.8 Å². The molecule has 1 aliphatic rings. The van der Waals surface area contributed by atoms with Crippen molar-refractivity contribution >= 4 is 11.6 Å². The van der Waals surface area contributed by atoms with Gasteiger partial charge in [-0.05, 0) is 25.5 Å². The van der Waals surface area contributed by atoms with E-state index in [4.69, 9.17) is 10.6 Å². The molecule has 1 unspecified atom stereocenters. The van der Waals surface area contributed by atoms with Crippen LogP contribution in [0.5, 0.6) is 0 Å². The Bertz CT molecular complexity index is 318. The van der Waals surface area contributed by atoms with E-state index in [1.54, 1.807) is 13.0 Å². The summed E-state index contributed by atoms with van der Waals surface area (Å²) in [6.07, 6.45) is 1.68. The number of hydrogen-bond donors (Lipinski definition) is 1. The van der Waals surface area contributed by atoms with Crippen LogP contribution in [-0.4, -0.2) is 36.5 Å². The average Bonchev–Trinajstić information content (AvgIpc) is 2.39. The number of hydroxylamine groups is 2. The lowest BCUT2D eigenvalue weighted by Gasteiger charge is -2.16. The fourth-order valence-corrected chi connectivity index (χ4v) is 1.08. The molecule has 0 aromatic heterocycles. The lowest BCUT2D eigenvalue weighted by atomic mass is 10.1. The SMILES string of the molecule is CON(C)C(=O)C1=NC(C)(N)C(C)=C1. The molecule has 78 valence electrons. The van der Waals surface area contributed by atoms with Crippen molar-refractivity contribution in [2.75, 3.05) is 14.2 Å². The number of carbonyl (C=O) groups excluding carboxylic acids is 1. The second-order valence-electron chi connectivity index (χ2n) is 3.46. The minimum Gasteiger partial charge on any atom is -0.304 e. The first-order chi connectivity index (χ1) is 6.38. The highest BCUT2D eigenvalue weighted by Gasteiger charge is 2.29. The molecule has 0 aromatic carbocycles. The van der Waals surface area contributed by atoms with E-state index < -0.39 is 5.66 Å². The zero-order valence-corrected chi connectivity index (χ0v) is 8.87. The molecule has 5 nitrogen and oxygen atoms in total. The quantitative estimate of drug-likeness (QED) is 0.637. The third kappa shape index (κ3) is 1.83. The van der Waals surface area contributed by atoms with Crippen molar-refractivity contribution in [1.82, 2.24) is 5.06 Å². The molecule has 0 spiro atoms. The number of carbonyl (C=O) groups is 1. The van der Waals surface area contributed by atoms with E-state index >= 15 is 0 Å². The molecule has 0 radical (unpaired) electrons. The Morgan fingerprint density at radius 2 is 2.29 bits per heavy atom. The van der Waals surface area contributed by atoms with Crippen LogP contribution in [0.4, 0.5) is 0 Å². The number of rotatable bonds is 2. The molecule has 2 N–H and O–H groups in total. The van der Waals surface area contributed by atoms with Crippen LogP contribution in [0, 0.1) is 0 Å². The molecule has 0 aliphatic carbocycles. The second kappa shape index (κ2) is 3.51. The number of nitrogens with two attached hydrogens (primary N) is 1. The Morgan fingerprint density at radius 1 is 1.71 bits per heavy atom. The van der Waals surface area contributed by atoms with E-state index in [1.165, 1.54) is 14.2 Å². The minimum atomic E-state index is -0.764. The van der Waals surface area contributed by atoms with Gasteiger partial charge in [0.15, 0.2) is 0 Å². The first-order valence-electron chi connectivity index (χ1n) is 4.28. The fourth-order valence-electron chi connectivity index (χ4n) is 1.08.